The second kappa shape index (κ2) is 7.13. The molecule has 1 amide bonds. The summed E-state index contributed by atoms with van der Waals surface area (Å²) in [6.07, 6.45) is 0. The van der Waals surface area contributed by atoms with Gasteiger partial charge >= 0.3 is 0 Å². The number of pyridine rings is 1. The van der Waals surface area contributed by atoms with Crippen molar-refractivity contribution in [3.8, 4) is 11.5 Å². The van der Waals surface area contributed by atoms with Crippen molar-refractivity contribution in [2.45, 2.75) is 13.8 Å². The number of nitrogens with zero attached hydrogens (tertiary/aromatic N) is 1. The van der Waals surface area contributed by atoms with Gasteiger partial charge < -0.3 is 10.1 Å². The molecule has 2 aromatic carbocycles. The molecule has 0 atom stereocenters. The average Bonchev–Trinajstić information content (AvgIpc) is 2.58. The minimum absolute atomic E-state index is 0.335. The Hall–Kier alpha value is -3.21. The molecule has 3 aromatic rings. The smallest absolute Gasteiger partial charge is 0.257 e. The number of nitrogens with one attached hydrogen (secondary N) is 1. The first kappa shape index (κ1) is 16.6. The van der Waals surface area contributed by atoms with E-state index >= 15 is 0 Å². The van der Waals surface area contributed by atoms with Crippen LogP contribution in [0.4, 0.5) is 10.1 Å². The number of aromatic nitrogens is 1. The number of carbonyl (C=O) groups excluding carboxylic acids is 1. The van der Waals surface area contributed by atoms with Gasteiger partial charge in [0.05, 0.1) is 11.3 Å². The zero-order valence-corrected chi connectivity index (χ0v) is 13.9. The number of hydrogen-bond donors (Lipinski definition) is 1. The van der Waals surface area contributed by atoms with Gasteiger partial charge in [-0.3, -0.25) is 4.79 Å². The molecule has 25 heavy (non-hydrogen) atoms. The third-order valence-electron chi connectivity index (χ3n) is 3.67. The monoisotopic (exact) mass is 336 g/mol. The van der Waals surface area contributed by atoms with Crippen LogP contribution in [0.2, 0.25) is 0 Å². The van der Waals surface area contributed by atoms with Gasteiger partial charge in [0.15, 0.2) is 0 Å². The topological polar surface area (TPSA) is 51.2 Å². The molecule has 0 aliphatic carbocycles. The maximum atomic E-state index is 13.0. The molecule has 3 rings (SSSR count). The van der Waals surface area contributed by atoms with Gasteiger partial charge in [-0.1, -0.05) is 17.7 Å². The molecule has 0 spiro atoms. The summed E-state index contributed by atoms with van der Waals surface area (Å²) in [5.41, 5.74) is 2.46. The summed E-state index contributed by atoms with van der Waals surface area (Å²) in [7, 11) is 0. The Kier molecular flexibility index (Phi) is 4.75. The van der Waals surface area contributed by atoms with Crippen molar-refractivity contribution in [1.29, 1.82) is 0 Å². The molecule has 5 heteroatoms. The minimum atomic E-state index is -0.605. The molecular weight excluding hydrogens is 319 g/mol. The van der Waals surface area contributed by atoms with Gasteiger partial charge in [-0.15, -0.1) is 0 Å². The quantitative estimate of drug-likeness (QED) is 0.691. The van der Waals surface area contributed by atoms with Crippen molar-refractivity contribution in [2.24, 2.45) is 0 Å². The Bertz CT molecular complexity index is 891. The van der Waals surface area contributed by atoms with Crippen molar-refractivity contribution < 1.29 is 13.9 Å². The lowest BCUT2D eigenvalue weighted by Gasteiger charge is -2.09. The third-order valence-corrected chi connectivity index (χ3v) is 3.67. The van der Waals surface area contributed by atoms with Crippen LogP contribution in [-0.2, 0) is 0 Å². The molecule has 0 aliphatic heterocycles. The van der Waals surface area contributed by atoms with Crippen LogP contribution >= 0.6 is 0 Å². The molecule has 0 bridgehead atoms. The van der Waals surface area contributed by atoms with E-state index in [1.807, 2.05) is 31.2 Å². The van der Waals surface area contributed by atoms with Crippen LogP contribution in [0.5, 0.6) is 11.5 Å². The Morgan fingerprint density at radius 1 is 0.920 bits per heavy atom. The second-order valence-corrected chi connectivity index (χ2v) is 5.66. The molecule has 0 radical (unpaired) electrons. The number of hydrogen-bond acceptors (Lipinski definition) is 3. The van der Waals surface area contributed by atoms with Crippen LogP contribution < -0.4 is 10.1 Å². The van der Waals surface area contributed by atoms with Crippen molar-refractivity contribution in [1.82, 2.24) is 4.98 Å². The van der Waals surface area contributed by atoms with E-state index < -0.39 is 5.95 Å². The number of anilines is 1. The predicted molar refractivity (Wildman–Crippen MR) is 94.6 cm³/mol. The van der Waals surface area contributed by atoms with Crippen molar-refractivity contribution in [3.05, 3.63) is 83.4 Å². The number of carbonyl (C=O) groups is 1. The van der Waals surface area contributed by atoms with Gasteiger partial charge in [-0.25, -0.2) is 4.98 Å². The summed E-state index contributed by atoms with van der Waals surface area (Å²) < 4.78 is 18.8. The van der Waals surface area contributed by atoms with E-state index in [4.69, 9.17) is 4.74 Å². The van der Waals surface area contributed by atoms with Crippen molar-refractivity contribution >= 4 is 11.6 Å². The van der Waals surface area contributed by atoms with E-state index in [2.05, 4.69) is 10.3 Å². The maximum absolute atomic E-state index is 13.0. The van der Waals surface area contributed by atoms with Gasteiger partial charge in [0.25, 0.3) is 5.91 Å². The fourth-order valence-corrected chi connectivity index (χ4v) is 2.32. The summed E-state index contributed by atoms with van der Waals surface area (Å²) in [5.74, 6) is 0.473. The summed E-state index contributed by atoms with van der Waals surface area (Å²) in [5, 5.41) is 2.76. The van der Waals surface area contributed by atoms with E-state index in [1.54, 1.807) is 31.2 Å². The molecule has 1 N–H and O–H groups in total. The number of benzene rings is 2. The molecule has 0 fully saturated rings. The van der Waals surface area contributed by atoms with Gasteiger partial charge in [0.1, 0.15) is 11.5 Å². The fourth-order valence-electron chi connectivity index (χ4n) is 2.32. The highest BCUT2D eigenvalue weighted by Gasteiger charge is 2.11. The lowest BCUT2D eigenvalue weighted by atomic mass is 10.2. The number of halogens is 1. The SMILES string of the molecule is Cc1ccc(Oc2ccc(NC(=O)c3ccc(F)nc3C)cc2)cc1. The molecule has 126 valence electrons. The van der Waals surface area contributed by atoms with Gasteiger partial charge in [0.2, 0.25) is 5.95 Å². The minimum Gasteiger partial charge on any atom is -0.457 e. The maximum Gasteiger partial charge on any atom is 0.257 e. The molecule has 4 nitrogen and oxygen atoms in total. The van der Waals surface area contributed by atoms with Gasteiger partial charge in [-0.2, -0.15) is 4.39 Å². The highest BCUT2D eigenvalue weighted by molar-refractivity contribution is 6.04. The normalized spacial score (nSPS) is 10.4. The lowest BCUT2D eigenvalue weighted by Crippen LogP contribution is -2.14. The molecule has 1 heterocycles. The lowest BCUT2D eigenvalue weighted by molar-refractivity contribution is 0.102. The van der Waals surface area contributed by atoms with Crippen LogP contribution in [0.15, 0.2) is 60.7 Å². The van der Waals surface area contributed by atoms with E-state index in [0.717, 1.165) is 11.3 Å². The van der Waals surface area contributed by atoms with E-state index in [1.165, 1.54) is 12.1 Å². The predicted octanol–water partition coefficient (Wildman–Crippen LogP) is 4.88. The summed E-state index contributed by atoms with van der Waals surface area (Å²) in [4.78, 5) is 15.9. The molecule has 0 saturated carbocycles. The van der Waals surface area contributed by atoms with Gasteiger partial charge in [-0.05, 0) is 62.4 Å². The first-order chi connectivity index (χ1) is 12.0. The highest BCUT2D eigenvalue weighted by atomic mass is 19.1. The molecule has 1 aromatic heterocycles. The van der Waals surface area contributed by atoms with Crippen molar-refractivity contribution in [3.63, 3.8) is 0 Å². The number of aryl methyl sites for hydroxylation is 2. The summed E-state index contributed by atoms with van der Waals surface area (Å²) in [6.45, 7) is 3.61. The van der Waals surface area contributed by atoms with Gasteiger partial charge in [0, 0.05) is 5.69 Å². The van der Waals surface area contributed by atoms with E-state index in [9.17, 15) is 9.18 Å². The summed E-state index contributed by atoms with van der Waals surface area (Å²) in [6, 6.07) is 17.4. The zero-order chi connectivity index (χ0) is 17.8. The molecular formula is C20H17FN2O2. The molecule has 0 aliphatic rings. The number of ether oxygens (including phenoxy) is 1. The first-order valence-electron chi connectivity index (χ1n) is 7.80. The first-order valence-corrected chi connectivity index (χ1v) is 7.80. The van der Waals surface area contributed by atoms with Crippen LogP contribution in [-0.4, -0.2) is 10.9 Å². The van der Waals surface area contributed by atoms with E-state index in [0.29, 0.717) is 22.7 Å². The molecule has 0 unspecified atom stereocenters. The highest BCUT2D eigenvalue weighted by Crippen LogP contribution is 2.23. The Morgan fingerprint density at radius 2 is 1.52 bits per heavy atom. The zero-order valence-electron chi connectivity index (χ0n) is 13.9. The van der Waals surface area contributed by atoms with Crippen LogP contribution in [0.3, 0.4) is 0 Å². The number of rotatable bonds is 4. The summed E-state index contributed by atoms with van der Waals surface area (Å²) >= 11 is 0. The Balaban J connectivity index is 1.67. The van der Waals surface area contributed by atoms with Crippen LogP contribution in [0.1, 0.15) is 21.6 Å². The average molecular weight is 336 g/mol. The largest absolute Gasteiger partial charge is 0.457 e. The molecule has 0 saturated heterocycles. The Labute approximate surface area is 145 Å². The second-order valence-electron chi connectivity index (χ2n) is 5.66. The number of amides is 1. The van der Waals surface area contributed by atoms with Crippen molar-refractivity contribution in [2.75, 3.05) is 5.32 Å². The third kappa shape index (κ3) is 4.20. The van der Waals surface area contributed by atoms with Crippen LogP contribution in [0, 0.1) is 19.8 Å². The van der Waals surface area contributed by atoms with E-state index in [-0.39, 0.29) is 5.91 Å². The van der Waals surface area contributed by atoms with Crippen LogP contribution in [0.25, 0.3) is 0 Å². The Morgan fingerprint density at radius 3 is 2.12 bits per heavy atom. The standard InChI is InChI=1S/C20H17FN2O2/c1-13-3-7-16(8-4-13)25-17-9-5-15(6-10-17)23-20(24)18-11-12-19(21)22-14(18)2/h3-12H,1-2H3,(H,23,24). The fraction of sp³-hybridized carbons (Fsp3) is 0.100.